The van der Waals surface area contributed by atoms with E-state index in [2.05, 4.69) is 4.90 Å². The Kier molecular flexibility index (Phi) is 6.32. The van der Waals surface area contributed by atoms with E-state index in [1.165, 1.54) is 6.08 Å². The zero-order valence-corrected chi connectivity index (χ0v) is 9.93. The van der Waals surface area contributed by atoms with Crippen molar-refractivity contribution < 1.29 is 14.3 Å². The van der Waals surface area contributed by atoms with Crippen LogP contribution in [0.1, 0.15) is 6.42 Å². The molecule has 6 nitrogen and oxygen atoms in total. The van der Waals surface area contributed by atoms with Gasteiger partial charge in [-0.3, -0.25) is 4.90 Å². The molecule has 2 N–H and O–H groups in total. The van der Waals surface area contributed by atoms with Crippen LogP contribution in [0, 0.1) is 0 Å². The van der Waals surface area contributed by atoms with Crippen molar-refractivity contribution in [3.05, 3.63) is 6.08 Å². The number of ether oxygens (including phenoxy) is 1. The van der Waals surface area contributed by atoms with E-state index in [-0.39, 0.29) is 6.03 Å². The van der Waals surface area contributed by atoms with Gasteiger partial charge in [-0.2, -0.15) is 0 Å². The van der Waals surface area contributed by atoms with Crippen molar-refractivity contribution in [1.82, 2.24) is 9.80 Å². The van der Waals surface area contributed by atoms with Crippen LogP contribution in [0.15, 0.2) is 6.08 Å². The minimum Gasteiger partial charge on any atom is -0.377 e. The summed E-state index contributed by atoms with van der Waals surface area (Å²) >= 11 is 0. The molecule has 0 atom stereocenters. The first-order valence-corrected chi connectivity index (χ1v) is 5.78. The molecule has 1 fully saturated rings. The summed E-state index contributed by atoms with van der Waals surface area (Å²) in [6.07, 6.45) is 2.24. The van der Waals surface area contributed by atoms with Gasteiger partial charge in [0.05, 0.1) is 6.61 Å². The van der Waals surface area contributed by atoms with Crippen LogP contribution in [0.25, 0.3) is 0 Å². The lowest BCUT2D eigenvalue weighted by atomic mass is 10.3. The highest BCUT2D eigenvalue weighted by molar-refractivity contribution is 5.72. The number of nitrogens with zero attached hydrogens (tertiary/aromatic N) is 2. The Labute approximate surface area is 101 Å². The van der Waals surface area contributed by atoms with E-state index in [1.807, 2.05) is 0 Å². The normalized spacial score (nSPS) is 16.6. The van der Waals surface area contributed by atoms with Gasteiger partial charge >= 0.3 is 6.03 Å². The van der Waals surface area contributed by atoms with Crippen LogP contribution in [0.3, 0.4) is 0 Å². The number of hydrogen-bond acceptors (Lipinski definition) is 4. The SMILES string of the molecule is NC(=O)N1CCN(CCCOCC=C=O)CC1. The minimum atomic E-state index is -0.339. The zero-order chi connectivity index (χ0) is 12.5. The molecule has 0 aromatic rings. The number of rotatable bonds is 6. The molecular formula is C11H19N3O3. The van der Waals surface area contributed by atoms with Gasteiger partial charge in [0.25, 0.3) is 0 Å². The minimum absolute atomic E-state index is 0.332. The number of piperazine rings is 1. The largest absolute Gasteiger partial charge is 0.377 e. The average Bonchev–Trinajstić information content (AvgIpc) is 2.34. The first-order chi connectivity index (χ1) is 8.24. The lowest BCUT2D eigenvalue weighted by Crippen LogP contribution is -2.50. The van der Waals surface area contributed by atoms with Gasteiger partial charge in [0.2, 0.25) is 0 Å². The second kappa shape index (κ2) is 7.84. The quantitative estimate of drug-likeness (QED) is 0.501. The Morgan fingerprint density at radius 2 is 2.06 bits per heavy atom. The van der Waals surface area contributed by atoms with Gasteiger partial charge in [0.1, 0.15) is 5.94 Å². The molecule has 17 heavy (non-hydrogen) atoms. The molecule has 0 aromatic heterocycles. The standard InChI is InChI=1S/C11H19N3O3/c12-11(16)14-6-4-13(5-7-14)3-1-9-17-10-2-8-15/h2H,1,3-7,9-10H2,(H2,12,16). The fourth-order valence-corrected chi connectivity index (χ4v) is 1.76. The molecule has 1 rings (SSSR count). The fourth-order valence-electron chi connectivity index (χ4n) is 1.76. The van der Waals surface area contributed by atoms with Crippen LogP contribution in [-0.2, 0) is 9.53 Å². The molecule has 0 radical (unpaired) electrons. The molecule has 2 amide bonds. The van der Waals surface area contributed by atoms with E-state index in [1.54, 1.807) is 10.8 Å². The van der Waals surface area contributed by atoms with E-state index in [9.17, 15) is 9.59 Å². The van der Waals surface area contributed by atoms with E-state index in [4.69, 9.17) is 10.5 Å². The van der Waals surface area contributed by atoms with Crippen LogP contribution in [0.2, 0.25) is 0 Å². The van der Waals surface area contributed by atoms with Crippen LogP contribution in [0.4, 0.5) is 4.79 Å². The summed E-state index contributed by atoms with van der Waals surface area (Å²) in [5.41, 5.74) is 5.19. The van der Waals surface area contributed by atoms with Crippen molar-refractivity contribution in [3.8, 4) is 0 Å². The van der Waals surface area contributed by atoms with Crippen molar-refractivity contribution in [2.45, 2.75) is 6.42 Å². The molecular weight excluding hydrogens is 222 g/mol. The third-order valence-electron chi connectivity index (χ3n) is 2.73. The Morgan fingerprint density at radius 1 is 1.35 bits per heavy atom. The summed E-state index contributed by atoms with van der Waals surface area (Å²) in [6, 6.07) is -0.339. The van der Waals surface area contributed by atoms with Crippen LogP contribution in [0.5, 0.6) is 0 Å². The van der Waals surface area contributed by atoms with E-state index >= 15 is 0 Å². The third-order valence-corrected chi connectivity index (χ3v) is 2.73. The van der Waals surface area contributed by atoms with Gasteiger partial charge in [-0.25, -0.2) is 9.59 Å². The summed E-state index contributed by atoms with van der Waals surface area (Å²) in [4.78, 5) is 24.7. The molecule has 0 unspecified atom stereocenters. The average molecular weight is 241 g/mol. The maximum atomic E-state index is 10.9. The predicted octanol–water partition coefficient (Wildman–Crippen LogP) is -0.523. The Hall–Kier alpha value is -1.36. The second-order valence-electron chi connectivity index (χ2n) is 3.92. The summed E-state index contributed by atoms with van der Waals surface area (Å²) in [7, 11) is 0. The van der Waals surface area contributed by atoms with Gasteiger partial charge in [-0.15, -0.1) is 0 Å². The number of primary amides is 1. The summed E-state index contributed by atoms with van der Waals surface area (Å²) in [6.45, 7) is 5.02. The predicted molar refractivity (Wildman–Crippen MR) is 63.3 cm³/mol. The van der Waals surface area contributed by atoms with Crippen LogP contribution in [-0.4, -0.2) is 67.7 Å². The molecule has 0 saturated carbocycles. The first-order valence-electron chi connectivity index (χ1n) is 5.78. The molecule has 0 spiro atoms. The Morgan fingerprint density at radius 3 is 2.65 bits per heavy atom. The molecule has 0 aromatic carbocycles. The zero-order valence-electron chi connectivity index (χ0n) is 9.93. The summed E-state index contributed by atoms with van der Waals surface area (Å²) < 4.78 is 5.20. The van der Waals surface area contributed by atoms with Crippen LogP contribution < -0.4 is 5.73 Å². The van der Waals surface area contributed by atoms with Gasteiger partial charge in [0, 0.05) is 45.4 Å². The van der Waals surface area contributed by atoms with Crippen molar-refractivity contribution in [1.29, 1.82) is 0 Å². The number of carbonyl (C=O) groups excluding carboxylic acids is 2. The van der Waals surface area contributed by atoms with Crippen molar-refractivity contribution in [3.63, 3.8) is 0 Å². The number of hydrogen-bond donors (Lipinski definition) is 1. The second-order valence-corrected chi connectivity index (χ2v) is 3.92. The molecule has 1 aliphatic rings. The number of amides is 2. The first kappa shape index (κ1) is 13.7. The number of nitrogens with two attached hydrogens (primary N) is 1. The van der Waals surface area contributed by atoms with E-state index < -0.39 is 0 Å². The summed E-state index contributed by atoms with van der Waals surface area (Å²) in [5.74, 6) is 1.66. The maximum Gasteiger partial charge on any atom is 0.314 e. The van der Waals surface area contributed by atoms with Crippen molar-refractivity contribution >= 4 is 12.0 Å². The van der Waals surface area contributed by atoms with Gasteiger partial charge < -0.3 is 15.4 Å². The molecule has 0 bridgehead atoms. The molecule has 96 valence electrons. The maximum absolute atomic E-state index is 10.9. The number of carbonyl (C=O) groups is 1. The Bertz CT molecular complexity index is 282. The Balaban J connectivity index is 2.02. The smallest absolute Gasteiger partial charge is 0.314 e. The molecule has 0 aliphatic carbocycles. The topological polar surface area (TPSA) is 75.9 Å². The molecule has 1 saturated heterocycles. The molecule has 6 heteroatoms. The third kappa shape index (κ3) is 5.49. The van der Waals surface area contributed by atoms with Gasteiger partial charge in [-0.1, -0.05) is 0 Å². The van der Waals surface area contributed by atoms with Gasteiger partial charge in [-0.05, 0) is 6.42 Å². The highest BCUT2D eigenvalue weighted by atomic mass is 16.5. The van der Waals surface area contributed by atoms with Crippen molar-refractivity contribution in [2.24, 2.45) is 5.73 Å². The lowest BCUT2D eigenvalue weighted by Gasteiger charge is -2.33. The number of urea groups is 1. The highest BCUT2D eigenvalue weighted by Gasteiger charge is 2.18. The monoisotopic (exact) mass is 241 g/mol. The lowest BCUT2D eigenvalue weighted by molar-refractivity contribution is 0.119. The van der Waals surface area contributed by atoms with Crippen molar-refractivity contribution in [2.75, 3.05) is 45.9 Å². The molecule has 1 aliphatic heterocycles. The van der Waals surface area contributed by atoms with Gasteiger partial charge in [0.15, 0.2) is 0 Å². The summed E-state index contributed by atoms with van der Waals surface area (Å²) in [5, 5.41) is 0. The van der Waals surface area contributed by atoms with E-state index in [0.717, 1.165) is 26.1 Å². The fraction of sp³-hybridized carbons (Fsp3) is 0.727. The molecule has 1 heterocycles. The van der Waals surface area contributed by atoms with Crippen LogP contribution >= 0.6 is 0 Å². The highest BCUT2D eigenvalue weighted by Crippen LogP contribution is 2.02. The van der Waals surface area contributed by atoms with E-state index in [0.29, 0.717) is 26.3 Å².